The van der Waals surface area contributed by atoms with Crippen LogP contribution in [0.25, 0.3) is 11.4 Å². The highest BCUT2D eigenvalue weighted by Crippen LogP contribution is 2.29. The lowest BCUT2D eigenvalue weighted by Gasteiger charge is -2.00. The molecule has 0 radical (unpaired) electrons. The first kappa shape index (κ1) is 11.4. The second kappa shape index (κ2) is 4.08. The van der Waals surface area contributed by atoms with Gasteiger partial charge in [0.2, 0.25) is 0 Å². The van der Waals surface area contributed by atoms with Gasteiger partial charge < -0.3 is 4.98 Å². The molecule has 1 aromatic carbocycles. The Kier molecular flexibility index (Phi) is 2.92. The fraction of sp³-hybridized carbons (Fsp3) is 0.100. The number of aromatic amines is 1. The Bertz CT molecular complexity index is 488. The largest absolute Gasteiger partial charge is 0.434 e. The van der Waals surface area contributed by atoms with Crippen LogP contribution in [0.4, 0.5) is 13.2 Å². The minimum Gasteiger partial charge on any atom is -0.344 e. The molecule has 84 valence electrons. The molecule has 1 N–H and O–H groups in total. The fourth-order valence-corrected chi connectivity index (χ4v) is 1.58. The second-order valence-electron chi connectivity index (χ2n) is 3.14. The Labute approximate surface area is 103 Å². The number of aromatic nitrogens is 2. The lowest BCUT2D eigenvalue weighted by molar-refractivity contribution is -0.140. The third kappa shape index (κ3) is 2.37. The summed E-state index contributed by atoms with van der Waals surface area (Å²) in [4.78, 5) is 6.01. The highest BCUT2D eigenvalue weighted by atomic mass is 127. The summed E-state index contributed by atoms with van der Waals surface area (Å²) in [7, 11) is 0. The van der Waals surface area contributed by atoms with E-state index in [1.54, 1.807) is 12.1 Å². The van der Waals surface area contributed by atoms with Crippen molar-refractivity contribution in [3.8, 4) is 11.4 Å². The van der Waals surface area contributed by atoms with Crippen LogP contribution in [-0.2, 0) is 6.18 Å². The van der Waals surface area contributed by atoms with E-state index in [4.69, 9.17) is 0 Å². The van der Waals surface area contributed by atoms with Gasteiger partial charge in [0.15, 0.2) is 5.69 Å². The molecular formula is C10H6F3IN2. The summed E-state index contributed by atoms with van der Waals surface area (Å²) in [5.74, 6) is 0.226. The maximum Gasteiger partial charge on any atom is 0.434 e. The van der Waals surface area contributed by atoms with Gasteiger partial charge in [-0.2, -0.15) is 13.2 Å². The van der Waals surface area contributed by atoms with Crippen LogP contribution in [0.1, 0.15) is 5.69 Å². The smallest absolute Gasteiger partial charge is 0.344 e. The minimum absolute atomic E-state index is 0.226. The van der Waals surface area contributed by atoms with Gasteiger partial charge in [-0.05, 0) is 34.7 Å². The third-order valence-electron chi connectivity index (χ3n) is 1.99. The van der Waals surface area contributed by atoms with Crippen molar-refractivity contribution in [3.63, 3.8) is 0 Å². The molecule has 0 saturated carbocycles. The summed E-state index contributed by atoms with van der Waals surface area (Å²) in [6, 6.07) is 7.07. The number of nitrogens with zero attached hydrogens (tertiary/aromatic N) is 1. The predicted octanol–water partition coefficient (Wildman–Crippen LogP) is 3.70. The molecule has 0 unspecified atom stereocenters. The highest BCUT2D eigenvalue weighted by Gasteiger charge is 2.33. The molecule has 0 bridgehead atoms. The number of nitrogens with one attached hydrogen (secondary N) is 1. The van der Waals surface area contributed by atoms with E-state index >= 15 is 0 Å². The maximum atomic E-state index is 12.3. The molecule has 1 heterocycles. The van der Waals surface area contributed by atoms with Crippen molar-refractivity contribution >= 4 is 22.6 Å². The Balaban J connectivity index is 2.35. The number of rotatable bonds is 1. The van der Waals surface area contributed by atoms with Crippen LogP contribution in [0, 0.1) is 3.57 Å². The summed E-state index contributed by atoms with van der Waals surface area (Å²) in [5.41, 5.74) is -0.267. The van der Waals surface area contributed by atoms with Crippen LogP contribution in [0.2, 0.25) is 0 Å². The van der Waals surface area contributed by atoms with Gasteiger partial charge in [0.1, 0.15) is 5.82 Å². The molecule has 0 aliphatic carbocycles. The van der Waals surface area contributed by atoms with E-state index in [0.29, 0.717) is 5.56 Å². The number of halogens is 4. The molecule has 0 aliphatic rings. The third-order valence-corrected chi connectivity index (χ3v) is 2.71. The number of hydrogen-bond donors (Lipinski definition) is 1. The van der Waals surface area contributed by atoms with Crippen molar-refractivity contribution in [1.29, 1.82) is 0 Å². The van der Waals surface area contributed by atoms with Gasteiger partial charge in [0.05, 0.1) is 0 Å². The Morgan fingerprint density at radius 2 is 1.75 bits per heavy atom. The first-order valence-corrected chi connectivity index (χ1v) is 5.43. The number of benzene rings is 1. The molecule has 0 atom stereocenters. The molecule has 2 nitrogen and oxygen atoms in total. The standard InChI is InChI=1S/C10H6F3IN2/c11-10(12,13)8-5-15-9(16-8)6-1-3-7(14)4-2-6/h1-5H,(H,15,16). The van der Waals surface area contributed by atoms with Crippen LogP contribution in [0.3, 0.4) is 0 Å². The Morgan fingerprint density at radius 3 is 2.25 bits per heavy atom. The zero-order chi connectivity index (χ0) is 11.8. The van der Waals surface area contributed by atoms with Gasteiger partial charge in [-0.1, -0.05) is 12.1 Å². The molecule has 0 amide bonds. The van der Waals surface area contributed by atoms with Gasteiger partial charge >= 0.3 is 6.18 Å². The first-order chi connectivity index (χ1) is 7.47. The average Bonchev–Trinajstić information content (AvgIpc) is 2.67. The summed E-state index contributed by atoms with van der Waals surface area (Å²) in [6.45, 7) is 0. The highest BCUT2D eigenvalue weighted by molar-refractivity contribution is 14.1. The quantitative estimate of drug-likeness (QED) is 0.790. The number of imidazole rings is 1. The van der Waals surface area contributed by atoms with E-state index in [-0.39, 0.29) is 5.82 Å². The molecule has 6 heteroatoms. The number of H-pyrrole nitrogens is 1. The number of alkyl halides is 3. The lowest BCUT2D eigenvalue weighted by atomic mass is 10.2. The summed E-state index contributed by atoms with van der Waals surface area (Å²) >= 11 is 2.12. The molecule has 0 saturated heterocycles. The summed E-state index contributed by atoms with van der Waals surface area (Å²) < 4.78 is 37.9. The van der Waals surface area contributed by atoms with E-state index in [0.717, 1.165) is 9.77 Å². The van der Waals surface area contributed by atoms with E-state index in [1.807, 2.05) is 12.1 Å². The van der Waals surface area contributed by atoms with Gasteiger partial charge in [0.25, 0.3) is 0 Å². The van der Waals surface area contributed by atoms with Gasteiger partial charge in [-0.15, -0.1) is 0 Å². The van der Waals surface area contributed by atoms with Crippen LogP contribution >= 0.6 is 22.6 Å². The monoisotopic (exact) mass is 338 g/mol. The van der Waals surface area contributed by atoms with Crippen LogP contribution in [0.5, 0.6) is 0 Å². The van der Waals surface area contributed by atoms with Crippen LogP contribution in [0.15, 0.2) is 30.5 Å². The second-order valence-corrected chi connectivity index (χ2v) is 4.38. The van der Waals surface area contributed by atoms with E-state index in [9.17, 15) is 13.2 Å². The van der Waals surface area contributed by atoms with Crippen molar-refractivity contribution in [1.82, 2.24) is 9.97 Å². The van der Waals surface area contributed by atoms with Crippen molar-refractivity contribution in [2.75, 3.05) is 0 Å². The topological polar surface area (TPSA) is 28.7 Å². The van der Waals surface area contributed by atoms with E-state index < -0.39 is 11.9 Å². The average molecular weight is 338 g/mol. The number of hydrogen-bond acceptors (Lipinski definition) is 1. The van der Waals surface area contributed by atoms with Gasteiger partial charge in [-0.3, -0.25) is 0 Å². The van der Waals surface area contributed by atoms with Crippen molar-refractivity contribution < 1.29 is 13.2 Å². The Hall–Kier alpha value is -1.05. The SMILES string of the molecule is FC(F)(F)c1c[nH]c(-c2ccc(I)cc2)n1. The van der Waals surface area contributed by atoms with Gasteiger partial charge in [-0.25, -0.2) is 4.98 Å². The van der Waals surface area contributed by atoms with Crippen LogP contribution < -0.4 is 0 Å². The predicted molar refractivity (Wildman–Crippen MR) is 61.7 cm³/mol. The van der Waals surface area contributed by atoms with E-state index in [2.05, 4.69) is 32.6 Å². The molecule has 0 spiro atoms. The molecule has 16 heavy (non-hydrogen) atoms. The zero-order valence-electron chi connectivity index (χ0n) is 7.85. The molecule has 2 rings (SSSR count). The van der Waals surface area contributed by atoms with Crippen molar-refractivity contribution in [3.05, 3.63) is 39.7 Å². The fourth-order valence-electron chi connectivity index (χ4n) is 1.22. The van der Waals surface area contributed by atoms with E-state index in [1.165, 1.54) is 0 Å². The van der Waals surface area contributed by atoms with Crippen LogP contribution in [-0.4, -0.2) is 9.97 Å². The van der Waals surface area contributed by atoms with Gasteiger partial charge in [0, 0.05) is 15.3 Å². The van der Waals surface area contributed by atoms with Crippen molar-refractivity contribution in [2.24, 2.45) is 0 Å². The molecule has 0 aliphatic heterocycles. The molecule has 2 aromatic rings. The molecule has 1 aromatic heterocycles. The normalized spacial score (nSPS) is 11.8. The Morgan fingerprint density at radius 1 is 1.12 bits per heavy atom. The zero-order valence-corrected chi connectivity index (χ0v) is 10.0. The molecular weight excluding hydrogens is 332 g/mol. The van der Waals surface area contributed by atoms with Crippen molar-refractivity contribution in [2.45, 2.75) is 6.18 Å². The summed E-state index contributed by atoms with van der Waals surface area (Å²) in [6.07, 6.45) is -3.54. The minimum atomic E-state index is -4.40. The lowest BCUT2D eigenvalue weighted by Crippen LogP contribution is -2.04. The molecule has 0 fully saturated rings. The summed E-state index contributed by atoms with van der Waals surface area (Å²) in [5, 5.41) is 0. The maximum absolute atomic E-state index is 12.3. The first-order valence-electron chi connectivity index (χ1n) is 4.35.